The molecule has 2 aromatic carbocycles. The van der Waals surface area contributed by atoms with Gasteiger partial charge in [0, 0.05) is 26.1 Å². The highest BCUT2D eigenvalue weighted by Gasteiger charge is 2.35. The Labute approximate surface area is 270 Å². The second-order valence-electron chi connectivity index (χ2n) is 13.2. The predicted molar refractivity (Wildman–Crippen MR) is 170 cm³/mol. The third kappa shape index (κ3) is 9.59. The van der Waals surface area contributed by atoms with E-state index in [1.165, 1.54) is 11.0 Å². The van der Waals surface area contributed by atoms with E-state index in [-0.39, 0.29) is 24.2 Å². The highest BCUT2D eigenvalue weighted by atomic mass is 19.1. The zero-order valence-electron chi connectivity index (χ0n) is 27.4. The fraction of sp³-hybridized carbons (Fsp3) is 0.543. The van der Waals surface area contributed by atoms with Crippen molar-refractivity contribution in [3.05, 3.63) is 53.8 Å². The van der Waals surface area contributed by atoms with Crippen LogP contribution in [0.4, 0.5) is 14.0 Å². The summed E-state index contributed by atoms with van der Waals surface area (Å²) in [7, 11) is 0. The van der Waals surface area contributed by atoms with Gasteiger partial charge >= 0.3 is 12.2 Å². The van der Waals surface area contributed by atoms with Crippen molar-refractivity contribution in [1.82, 2.24) is 15.1 Å². The molecule has 2 saturated heterocycles. The Morgan fingerprint density at radius 3 is 2.41 bits per heavy atom. The van der Waals surface area contributed by atoms with Gasteiger partial charge < -0.3 is 29.3 Å². The molecule has 4 rings (SSSR count). The molecule has 2 fully saturated rings. The summed E-state index contributed by atoms with van der Waals surface area (Å²) in [5.41, 5.74) is 0.868. The van der Waals surface area contributed by atoms with Crippen molar-refractivity contribution in [2.75, 3.05) is 26.2 Å². The van der Waals surface area contributed by atoms with E-state index in [9.17, 15) is 19.6 Å². The lowest BCUT2D eigenvalue weighted by molar-refractivity contribution is -0.133. The molecule has 0 spiro atoms. The van der Waals surface area contributed by atoms with E-state index in [0.717, 1.165) is 18.4 Å². The number of rotatable bonds is 9. The minimum atomic E-state index is -1.10. The van der Waals surface area contributed by atoms with E-state index in [1.54, 1.807) is 37.8 Å². The molecule has 2 aromatic rings. The number of hydrogen-bond acceptors (Lipinski definition) is 7. The molecule has 2 aliphatic rings. The second-order valence-corrected chi connectivity index (χ2v) is 13.2. The van der Waals surface area contributed by atoms with Crippen LogP contribution >= 0.6 is 0 Å². The Bertz CT molecular complexity index is 1430. The normalized spacial score (nSPS) is 17.7. The molecule has 0 aromatic heterocycles. The van der Waals surface area contributed by atoms with E-state index in [1.807, 2.05) is 38.1 Å². The van der Waals surface area contributed by atoms with Crippen LogP contribution in [-0.4, -0.2) is 77.9 Å². The average Bonchev–Trinajstić information content (AvgIpc) is 3.48. The lowest BCUT2D eigenvalue weighted by Gasteiger charge is -2.31. The molecular formula is C35H45FN4O6. The number of alkyl carbamates (subject to hydrolysis) is 1. The molecular weight excluding hydrogens is 591 g/mol. The standard InChI is InChI=1S/C35H45FN4O6/c1-23(2)45-34(43)39-16-13-24(14-17-39)22-44-29-10-6-8-25(18-29)26-11-12-27(30(36)19-26)20-31(38-33(42)46-35(3,4)5)32(41)40-15-7-9-28(40)21-37/h6,8,10-12,18-19,23-24,28,31H,7,9,13-17,20,22H2,1-5H3,(H,38,42)/t28-,31-/m0/s1. The van der Waals surface area contributed by atoms with Crippen molar-refractivity contribution < 1.29 is 33.0 Å². The number of piperidine rings is 1. The first kappa shape index (κ1) is 34.5. The Balaban J connectivity index is 1.41. The largest absolute Gasteiger partial charge is 0.493 e. The molecule has 0 bridgehead atoms. The van der Waals surface area contributed by atoms with Crippen LogP contribution in [0.3, 0.4) is 0 Å². The van der Waals surface area contributed by atoms with Gasteiger partial charge in [0.1, 0.15) is 29.3 Å². The van der Waals surface area contributed by atoms with E-state index < -0.39 is 35.5 Å². The van der Waals surface area contributed by atoms with Gasteiger partial charge in [-0.15, -0.1) is 0 Å². The quantitative estimate of drug-likeness (QED) is 0.354. The van der Waals surface area contributed by atoms with Crippen LogP contribution in [-0.2, 0) is 20.7 Å². The van der Waals surface area contributed by atoms with E-state index in [2.05, 4.69) is 11.4 Å². The molecule has 11 heteroatoms. The molecule has 3 amide bonds. The number of ether oxygens (including phenoxy) is 3. The number of hydrogen-bond donors (Lipinski definition) is 1. The fourth-order valence-corrected chi connectivity index (χ4v) is 5.66. The summed E-state index contributed by atoms with van der Waals surface area (Å²) in [4.78, 5) is 41.4. The van der Waals surface area contributed by atoms with Crippen LogP contribution in [0.1, 0.15) is 65.9 Å². The van der Waals surface area contributed by atoms with Crippen LogP contribution in [0.2, 0.25) is 0 Å². The summed E-state index contributed by atoms with van der Waals surface area (Å²) >= 11 is 0. The van der Waals surface area contributed by atoms with E-state index in [0.29, 0.717) is 56.3 Å². The van der Waals surface area contributed by atoms with Crippen molar-refractivity contribution in [3.63, 3.8) is 0 Å². The Morgan fingerprint density at radius 2 is 1.76 bits per heavy atom. The van der Waals surface area contributed by atoms with Gasteiger partial charge in [-0.3, -0.25) is 4.79 Å². The minimum absolute atomic E-state index is 0.101. The molecule has 2 atom stereocenters. The topological polar surface area (TPSA) is 121 Å². The number of nitrogens with one attached hydrogen (secondary N) is 1. The number of halogens is 1. The maximum Gasteiger partial charge on any atom is 0.410 e. The molecule has 2 heterocycles. The number of benzene rings is 2. The lowest BCUT2D eigenvalue weighted by atomic mass is 9.98. The van der Waals surface area contributed by atoms with Crippen molar-refractivity contribution in [2.24, 2.45) is 5.92 Å². The van der Waals surface area contributed by atoms with Gasteiger partial charge in [-0.05, 0) is 101 Å². The Hall–Kier alpha value is -4.33. The smallest absolute Gasteiger partial charge is 0.410 e. The number of amides is 3. The van der Waals surface area contributed by atoms with Crippen molar-refractivity contribution >= 4 is 18.1 Å². The summed E-state index contributed by atoms with van der Waals surface area (Å²) in [5, 5.41) is 12.1. The van der Waals surface area contributed by atoms with E-state index in [4.69, 9.17) is 14.2 Å². The third-order valence-electron chi connectivity index (χ3n) is 8.01. The maximum absolute atomic E-state index is 15.5. The molecule has 46 heavy (non-hydrogen) atoms. The van der Waals surface area contributed by atoms with Gasteiger partial charge in [-0.1, -0.05) is 24.3 Å². The SMILES string of the molecule is CC(C)OC(=O)N1CCC(COc2cccc(-c3ccc(C[C@H](NC(=O)OC(C)(C)C)C(=O)N4CCC[C@H]4C#N)c(F)c3)c2)CC1. The Kier molecular flexibility index (Phi) is 11.5. The van der Waals surface area contributed by atoms with Gasteiger partial charge in [-0.2, -0.15) is 5.26 Å². The molecule has 248 valence electrons. The summed E-state index contributed by atoms with van der Waals surface area (Å²) in [6.07, 6.45) is 1.57. The van der Waals surface area contributed by atoms with Crippen LogP contribution in [0.5, 0.6) is 5.75 Å². The lowest BCUT2D eigenvalue weighted by Crippen LogP contribution is -2.51. The van der Waals surface area contributed by atoms with Crippen LogP contribution < -0.4 is 10.1 Å². The summed E-state index contributed by atoms with van der Waals surface area (Å²) < 4.78 is 32.3. The van der Waals surface area contributed by atoms with E-state index >= 15 is 4.39 Å². The van der Waals surface area contributed by atoms with Crippen molar-refractivity contribution in [1.29, 1.82) is 5.26 Å². The number of likely N-dealkylation sites (tertiary alicyclic amines) is 2. The zero-order valence-corrected chi connectivity index (χ0v) is 27.4. The molecule has 0 aliphatic carbocycles. The van der Waals surface area contributed by atoms with Crippen LogP contribution in [0, 0.1) is 23.1 Å². The summed E-state index contributed by atoms with van der Waals surface area (Å²) in [6, 6.07) is 12.7. The predicted octanol–water partition coefficient (Wildman–Crippen LogP) is 6.08. The number of carbonyl (C=O) groups excluding carboxylic acids is 3. The number of carbonyl (C=O) groups is 3. The summed E-state index contributed by atoms with van der Waals surface area (Å²) in [5.74, 6) is 0.00367. The molecule has 0 unspecified atom stereocenters. The number of nitriles is 1. The van der Waals surface area contributed by atoms with Crippen molar-refractivity contribution in [2.45, 2.75) is 90.5 Å². The molecule has 0 saturated carbocycles. The third-order valence-corrected chi connectivity index (χ3v) is 8.01. The average molecular weight is 637 g/mol. The summed E-state index contributed by atoms with van der Waals surface area (Å²) in [6.45, 7) is 11.0. The molecule has 10 nitrogen and oxygen atoms in total. The van der Waals surface area contributed by atoms with Gasteiger partial charge in [0.05, 0.1) is 18.8 Å². The highest BCUT2D eigenvalue weighted by Crippen LogP contribution is 2.28. The molecule has 0 radical (unpaired) electrons. The highest BCUT2D eigenvalue weighted by molar-refractivity contribution is 5.87. The van der Waals surface area contributed by atoms with Crippen LogP contribution in [0.15, 0.2) is 42.5 Å². The van der Waals surface area contributed by atoms with Crippen molar-refractivity contribution in [3.8, 4) is 22.9 Å². The first-order valence-corrected chi connectivity index (χ1v) is 16.0. The van der Waals surface area contributed by atoms with Gasteiger partial charge in [0.25, 0.3) is 0 Å². The first-order chi connectivity index (χ1) is 21.8. The first-order valence-electron chi connectivity index (χ1n) is 16.0. The molecule has 1 N–H and O–H groups in total. The van der Waals surface area contributed by atoms with Gasteiger partial charge in [0.2, 0.25) is 5.91 Å². The minimum Gasteiger partial charge on any atom is -0.493 e. The molecule has 2 aliphatic heterocycles. The fourth-order valence-electron chi connectivity index (χ4n) is 5.66. The Morgan fingerprint density at radius 1 is 1.04 bits per heavy atom. The maximum atomic E-state index is 15.5. The number of nitrogens with zero attached hydrogens (tertiary/aromatic N) is 3. The van der Waals surface area contributed by atoms with Crippen LogP contribution in [0.25, 0.3) is 11.1 Å². The second kappa shape index (κ2) is 15.3. The van der Waals surface area contributed by atoms with Gasteiger partial charge in [0.15, 0.2) is 0 Å². The zero-order chi connectivity index (χ0) is 33.4. The monoisotopic (exact) mass is 636 g/mol. The van der Waals surface area contributed by atoms with Gasteiger partial charge in [-0.25, -0.2) is 14.0 Å².